The van der Waals surface area contributed by atoms with Crippen LogP contribution in [0.4, 0.5) is 5.69 Å². The number of aliphatic carboxylic acids is 1. The highest BCUT2D eigenvalue weighted by atomic mass is 32.3. The number of benzene rings is 2. The van der Waals surface area contributed by atoms with Crippen LogP contribution >= 0.6 is 10.6 Å². The van der Waals surface area contributed by atoms with Gasteiger partial charge in [0, 0.05) is 11.8 Å². The number of methoxy groups -OCH3 is 1. The Balaban J connectivity index is 1.46. The Morgan fingerprint density at radius 1 is 0.949 bits per heavy atom. The number of ether oxygens (including phenoxy) is 2. The number of hydrogen-bond donors (Lipinski definition) is 4. The summed E-state index contributed by atoms with van der Waals surface area (Å²) in [5.41, 5.74) is 8.55. The van der Waals surface area contributed by atoms with Gasteiger partial charge in [-0.3, -0.25) is 9.11 Å². The first-order valence-corrected chi connectivity index (χ1v) is 14.8. The summed E-state index contributed by atoms with van der Waals surface area (Å²) >= 11 is 0. The number of pyridine rings is 1. The van der Waals surface area contributed by atoms with E-state index in [1.54, 1.807) is 37.4 Å². The minimum Gasteiger partial charge on any atom is -0.497 e. The molecule has 0 spiro atoms. The molecule has 8 nitrogen and oxygen atoms in total. The molecular weight excluding hydrogens is 516 g/mol. The quantitative estimate of drug-likeness (QED) is 0.0841. The predicted octanol–water partition coefficient (Wildman–Crippen LogP) is 7.04. The molecule has 3 rings (SSSR count). The number of carboxylic acid groups (broad SMARTS) is 1. The monoisotopic (exact) mass is 554 g/mol. The van der Waals surface area contributed by atoms with E-state index in [0.29, 0.717) is 23.6 Å². The molecule has 0 fully saturated rings. The largest absolute Gasteiger partial charge is 0.497 e. The van der Waals surface area contributed by atoms with Crippen molar-refractivity contribution < 1.29 is 28.5 Å². The van der Waals surface area contributed by atoms with Gasteiger partial charge in [-0.25, -0.2) is 9.78 Å². The molecule has 39 heavy (non-hydrogen) atoms. The summed E-state index contributed by atoms with van der Waals surface area (Å²) in [6, 6.07) is 18.2. The summed E-state index contributed by atoms with van der Waals surface area (Å²) in [6.45, 7) is 0.459. The number of carbonyl (C=O) groups is 1. The van der Waals surface area contributed by atoms with Gasteiger partial charge in [-0.1, -0.05) is 49.9 Å². The molecule has 1 heterocycles. The van der Waals surface area contributed by atoms with Gasteiger partial charge in [0.05, 0.1) is 19.5 Å². The van der Waals surface area contributed by atoms with E-state index in [1.165, 1.54) is 24.1 Å². The molecule has 0 aliphatic heterocycles. The second-order valence-corrected chi connectivity index (χ2v) is 11.4. The van der Waals surface area contributed by atoms with Crippen LogP contribution in [0.15, 0.2) is 71.8 Å². The van der Waals surface area contributed by atoms with Crippen molar-refractivity contribution in [2.24, 2.45) is 0 Å². The van der Waals surface area contributed by atoms with E-state index < -0.39 is 16.6 Å². The fourth-order valence-electron chi connectivity index (χ4n) is 4.12. The number of aromatic nitrogens is 1. The van der Waals surface area contributed by atoms with Gasteiger partial charge in [-0.15, -0.1) is 10.6 Å². The van der Waals surface area contributed by atoms with Gasteiger partial charge in [0.15, 0.2) is 0 Å². The second kappa shape index (κ2) is 15.2. The third kappa shape index (κ3) is 10.3. The molecule has 0 radical (unpaired) electrons. The van der Waals surface area contributed by atoms with Crippen molar-refractivity contribution in [1.82, 2.24) is 4.98 Å². The molecule has 0 bridgehead atoms. The summed E-state index contributed by atoms with van der Waals surface area (Å²) in [4.78, 5) is 15.4. The average molecular weight is 555 g/mol. The van der Waals surface area contributed by atoms with Crippen LogP contribution in [-0.4, -0.2) is 38.9 Å². The Morgan fingerprint density at radius 3 is 2.36 bits per heavy atom. The van der Waals surface area contributed by atoms with Gasteiger partial charge in [0.2, 0.25) is 0 Å². The summed E-state index contributed by atoms with van der Waals surface area (Å²) in [5.74, 6) is 0.0946. The Hall–Kier alpha value is -3.53. The van der Waals surface area contributed by atoms with Crippen molar-refractivity contribution in [1.29, 1.82) is 0 Å². The maximum atomic E-state index is 11.1. The van der Waals surface area contributed by atoms with Gasteiger partial charge < -0.3 is 20.3 Å². The smallest absolute Gasteiger partial charge is 0.328 e. The SMILES string of the molecule is COc1ccc(CCCCCCCCOc2ccc(S(O)(O)Cc3cccc(N)c3)nc2C=CC(=O)O)cc1. The zero-order valence-electron chi connectivity index (χ0n) is 22.3. The van der Waals surface area contributed by atoms with Gasteiger partial charge in [-0.2, -0.15) is 0 Å². The molecule has 0 aliphatic carbocycles. The van der Waals surface area contributed by atoms with Crippen molar-refractivity contribution in [2.45, 2.75) is 55.7 Å². The third-order valence-electron chi connectivity index (χ3n) is 6.17. The van der Waals surface area contributed by atoms with Crippen LogP contribution in [0.25, 0.3) is 6.08 Å². The summed E-state index contributed by atoms with van der Waals surface area (Å²) in [5, 5.41) is 9.14. The van der Waals surface area contributed by atoms with Gasteiger partial charge >= 0.3 is 5.97 Å². The molecule has 2 aromatic carbocycles. The molecule has 5 N–H and O–H groups in total. The average Bonchev–Trinajstić information content (AvgIpc) is 2.91. The molecule has 0 saturated carbocycles. The topological polar surface area (TPSA) is 135 Å². The first kappa shape index (κ1) is 30.0. The third-order valence-corrected chi connectivity index (χ3v) is 7.81. The number of anilines is 1. The number of carboxylic acids is 1. The minimum absolute atomic E-state index is 0.0482. The second-order valence-electron chi connectivity index (χ2n) is 9.33. The van der Waals surface area contributed by atoms with E-state index in [9.17, 15) is 13.9 Å². The van der Waals surface area contributed by atoms with Crippen LogP contribution in [0, 0.1) is 0 Å². The zero-order valence-corrected chi connectivity index (χ0v) is 23.1. The standard InChI is InChI=1S/C30H38N2O6S/c1-37-26-14-12-23(13-15-26)9-6-4-2-3-5-7-20-38-28-17-18-29(32-27(28)16-19-30(33)34)39(35,36)22-24-10-8-11-25(31)21-24/h8,10-19,21,35-36H,2-7,9,20,22,31H2,1H3,(H,33,34). The molecule has 0 aliphatic rings. The van der Waals surface area contributed by atoms with Crippen LogP contribution in [0.2, 0.25) is 0 Å². The van der Waals surface area contributed by atoms with E-state index in [4.69, 9.17) is 20.3 Å². The van der Waals surface area contributed by atoms with Gasteiger partial charge in [0.25, 0.3) is 0 Å². The highest BCUT2D eigenvalue weighted by Gasteiger charge is 2.20. The number of nitrogen functional groups attached to an aromatic ring is 1. The highest BCUT2D eigenvalue weighted by molar-refractivity contribution is 8.23. The van der Waals surface area contributed by atoms with Crippen LogP contribution in [-0.2, 0) is 17.0 Å². The van der Waals surface area contributed by atoms with E-state index in [1.807, 2.05) is 12.1 Å². The number of unbranched alkanes of at least 4 members (excludes halogenated alkanes) is 5. The van der Waals surface area contributed by atoms with Crippen LogP contribution in [0.3, 0.4) is 0 Å². The number of aryl methyl sites for hydroxylation is 1. The lowest BCUT2D eigenvalue weighted by Gasteiger charge is -2.31. The lowest BCUT2D eigenvalue weighted by Crippen LogP contribution is -2.07. The maximum Gasteiger partial charge on any atom is 0.328 e. The Bertz CT molecular complexity index is 1230. The van der Waals surface area contributed by atoms with Crippen LogP contribution in [0.1, 0.15) is 55.3 Å². The molecule has 1 aromatic heterocycles. The maximum absolute atomic E-state index is 11.1. The van der Waals surface area contributed by atoms with E-state index in [-0.39, 0.29) is 16.5 Å². The normalized spacial score (nSPS) is 12.0. The lowest BCUT2D eigenvalue weighted by atomic mass is 10.0. The van der Waals surface area contributed by atoms with Crippen LogP contribution in [0.5, 0.6) is 11.5 Å². The van der Waals surface area contributed by atoms with Gasteiger partial charge in [-0.05, 0) is 72.9 Å². The predicted molar refractivity (Wildman–Crippen MR) is 156 cm³/mol. The molecule has 0 unspecified atom stereocenters. The molecule has 0 atom stereocenters. The van der Waals surface area contributed by atoms with Crippen molar-refractivity contribution in [3.63, 3.8) is 0 Å². The van der Waals surface area contributed by atoms with E-state index >= 15 is 0 Å². The molecule has 9 heteroatoms. The van der Waals surface area contributed by atoms with E-state index in [2.05, 4.69) is 17.1 Å². The zero-order chi connectivity index (χ0) is 28.1. The molecule has 0 saturated heterocycles. The Kier molecular flexibility index (Phi) is 11.7. The minimum atomic E-state index is -3.28. The van der Waals surface area contributed by atoms with Gasteiger partial charge in [0.1, 0.15) is 22.2 Å². The Labute approximate surface area is 231 Å². The first-order valence-electron chi connectivity index (χ1n) is 13.0. The van der Waals surface area contributed by atoms with Crippen molar-refractivity contribution in [3.05, 3.63) is 83.6 Å². The van der Waals surface area contributed by atoms with Crippen molar-refractivity contribution in [2.75, 3.05) is 19.5 Å². The van der Waals surface area contributed by atoms with Crippen molar-refractivity contribution in [3.8, 4) is 11.5 Å². The summed E-state index contributed by atoms with van der Waals surface area (Å²) in [6.07, 6.45) is 9.79. The summed E-state index contributed by atoms with van der Waals surface area (Å²) < 4.78 is 32.7. The number of nitrogens with two attached hydrogens (primary N) is 1. The fourth-order valence-corrected chi connectivity index (χ4v) is 5.44. The molecular formula is C30H38N2O6S. The summed E-state index contributed by atoms with van der Waals surface area (Å²) in [7, 11) is -1.61. The number of hydrogen-bond acceptors (Lipinski definition) is 7. The Morgan fingerprint density at radius 2 is 1.67 bits per heavy atom. The number of nitrogens with zero attached hydrogens (tertiary/aromatic N) is 1. The number of rotatable bonds is 16. The first-order chi connectivity index (χ1) is 18.8. The van der Waals surface area contributed by atoms with Crippen LogP contribution < -0.4 is 15.2 Å². The molecule has 0 amide bonds. The molecule has 3 aromatic rings. The molecule has 210 valence electrons. The fraction of sp³-hybridized carbons (Fsp3) is 0.333. The highest BCUT2D eigenvalue weighted by Crippen LogP contribution is 2.50. The van der Waals surface area contributed by atoms with Crippen molar-refractivity contribution >= 4 is 28.3 Å². The lowest BCUT2D eigenvalue weighted by molar-refractivity contribution is -0.131. The van der Waals surface area contributed by atoms with E-state index in [0.717, 1.165) is 50.4 Å².